The van der Waals surface area contributed by atoms with Crippen LogP contribution in [0, 0.1) is 5.82 Å². The lowest BCUT2D eigenvalue weighted by atomic mass is 10.3. The maximum atomic E-state index is 13.0. The molecule has 0 atom stereocenters. The van der Waals surface area contributed by atoms with Gasteiger partial charge in [-0.2, -0.15) is 0 Å². The third kappa shape index (κ3) is 2.15. The van der Waals surface area contributed by atoms with Crippen LogP contribution in [0.2, 0.25) is 0 Å². The van der Waals surface area contributed by atoms with E-state index in [9.17, 15) is 14.0 Å². The number of nitrogens with two attached hydrogens (primary N) is 1. The molecule has 6 nitrogen and oxygen atoms in total. The van der Waals surface area contributed by atoms with Crippen molar-refractivity contribution >= 4 is 5.69 Å². The van der Waals surface area contributed by atoms with Gasteiger partial charge in [0.05, 0.1) is 12.7 Å². The molecule has 0 fully saturated rings. The molecule has 0 radical (unpaired) electrons. The third-order valence-electron chi connectivity index (χ3n) is 2.46. The number of hydrogen-bond acceptors (Lipinski definition) is 4. The van der Waals surface area contributed by atoms with Crippen LogP contribution in [0.25, 0.3) is 0 Å². The Morgan fingerprint density at radius 2 is 2.11 bits per heavy atom. The van der Waals surface area contributed by atoms with Gasteiger partial charge >= 0.3 is 5.69 Å². The number of anilines is 1. The number of rotatable bonds is 2. The molecule has 0 aromatic carbocycles. The molecule has 0 saturated heterocycles. The summed E-state index contributed by atoms with van der Waals surface area (Å²) >= 11 is 0. The normalized spacial score (nSPS) is 10.6. The average Bonchev–Trinajstić information content (AvgIpc) is 2.32. The summed E-state index contributed by atoms with van der Waals surface area (Å²) in [4.78, 5) is 27.2. The number of hydrogen-bond donors (Lipinski definition) is 1. The summed E-state index contributed by atoms with van der Waals surface area (Å²) in [5.74, 6) is -0.527. The molecule has 0 aliphatic heterocycles. The number of halogens is 1. The lowest BCUT2D eigenvalue weighted by molar-refractivity contribution is 0.607. The molecule has 18 heavy (non-hydrogen) atoms. The van der Waals surface area contributed by atoms with Gasteiger partial charge in [0.2, 0.25) is 0 Å². The van der Waals surface area contributed by atoms with Gasteiger partial charge in [-0.1, -0.05) is 0 Å². The number of nitrogens with zero attached hydrogens (tertiary/aromatic N) is 3. The van der Waals surface area contributed by atoms with Gasteiger partial charge in [0, 0.05) is 19.4 Å². The first-order valence-corrected chi connectivity index (χ1v) is 5.14. The largest absolute Gasteiger partial charge is 0.393 e. The topological polar surface area (TPSA) is 82.9 Å². The molecule has 7 heteroatoms. The summed E-state index contributed by atoms with van der Waals surface area (Å²) in [6.07, 6.45) is 3.69. The first kappa shape index (κ1) is 12.0. The summed E-state index contributed by atoms with van der Waals surface area (Å²) in [6, 6.07) is 1.21. The van der Waals surface area contributed by atoms with Crippen LogP contribution in [0.1, 0.15) is 5.56 Å². The standard InChI is InChI=1S/C11H11FN4O2/c1-15-6-9(13)10(17)16(11(15)18)5-7-2-8(12)4-14-3-7/h2-4,6H,5,13H2,1H3. The van der Waals surface area contributed by atoms with Crippen LogP contribution in [0.5, 0.6) is 0 Å². The summed E-state index contributed by atoms with van der Waals surface area (Å²) in [5.41, 5.74) is 4.76. The van der Waals surface area contributed by atoms with Gasteiger partial charge in [-0.05, 0) is 11.6 Å². The summed E-state index contributed by atoms with van der Waals surface area (Å²) in [7, 11) is 1.48. The molecule has 2 aromatic rings. The molecule has 2 heterocycles. The van der Waals surface area contributed by atoms with Crippen molar-refractivity contribution in [2.24, 2.45) is 7.05 Å². The highest BCUT2D eigenvalue weighted by Gasteiger charge is 2.08. The zero-order chi connectivity index (χ0) is 13.3. The minimum Gasteiger partial charge on any atom is -0.393 e. The first-order valence-electron chi connectivity index (χ1n) is 5.14. The van der Waals surface area contributed by atoms with Crippen molar-refractivity contribution in [3.05, 3.63) is 56.9 Å². The molecule has 94 valence electrons. The fourth-order valence-electron chi connectivity index (χ4n) is 1.62. The molecule has 0 unspecified atom stereocenters. The Kier molecular flexibility index (Phi) is 2.97. The minimum absolute atomic E-state index is 0.0403. The van der Waals surface area contributed by atoms with Crippen molar-refractivity contribution in [2.75, 3.05) is 5.73 Å². The van der Waals surface area contributed by atoms with Crippen LogP contribution in [0.3, 0.4) is 0 Å². The average molecular weight is 250 g/mol. The Bertz CT molecular complexity index is 671. The number of nitrogen functional groups attached to an aromatic ring is 1. The highest BCUT2D eigenvalue weighted by molar-refractivity contribution is 5.31. The molecule has 0 aliphatic carbocycles. The SMILES string of the molecule is Cn1cc(N)c(=O)n(Cc2cncc(F)c2)c1=O. The predicted octanol–water partition coefficient (Wildman–Crippen LogP) is -0.288. The molecule has 0 amide bonds. The van der Waals surface area contributed by atoms with Crippen LogP contribution in [-0.4, -0.2) is 14.1 Å². The summed E-state index contributed by atoms with van der Waals surface area (Å²) in [5, 5.41) is 0. The van der Waals surface area contributed by atoms with Crippen molar-refractivity contribution in [1.29, 1.82) is 0 Å². The lowest BCUT2D eigenvalue weighted by Crippen LogP contribution is -2.40. The zero-order valence-electron chi connectivity index (χ0n) is 9.63. The van der Waals surface area contributed by atoms with E-state index in [-0.39, 0.29) is 12.2 Å². The van der Waals surface area contributed by atoms with Gasteiger partial charge in [0.1, 0.15) is 11.5 Å². The summed E-state index contributed by atoms with van der Waals surface area (Å²) in [6.45, 7) is -0.0681. The molecular formula is C11H11FN4O2. The van der Waals surface area contributed by atoms with Gasteiger partial charge in [-0.25, -0.2) is 9.18 Å². The minimum atomic E-state index is -0.595. The zero-order valence-corrected chi connectivity index (χ0v) is 9.63. The Balaban J connectivity index is 2.53. The third-order valence-corrected chi connectivity index (χ3v) is 2.46. The molecular weight excluding hydrogens is 239 g/mol. The maximum Gasteiger partial charge on any atom is 0.331 e. The van der Waals surface area contributed by atoms with E-state index in [4.69, 9.17) is 5.73 Å². The van der Waals surface area contributed by atoms with Crippen molar-refractivity contribution in [3.63, 3.8) is 0 Å². The number of pyridine rings is 1. The van der Waals surface area contributed by atoms with Gasteiger partial charge in [0.25, 0.3) is 5.56 Å². The van der Waals surface area contributed by atoms with E-state index >= 15 is 0 Å². The predicted molar refractivity (Wildman–Crippen MR) is 63.7 cm³/mol. The van der Waals surface area contributed by atoms with E-state index in [0.29, 0.717) is 5.56 Å². The Labute approximate surface area is 101 Å². The fourth-order valence-corrected chi connectivity index (χ4v) is 1.62. The Morgan fingerprint density at radius 1 is 1.39 bits per heavy atom. The van der Waals surface area contributed by atoms with E-state index in [0.717, 1.165) is 10.8 Å². The Morgan fingerprint density at radius 3 is 2.78 bits per heavy atom. The van der Waals surface area contributed by atoms with Crippen LogP contribution in [0.4, 0.5) is 10.1 Å². The quantitative estimate of drug-likeness (QED) is 0.794. The van der Waals surface area contributed by atoms with Crippen molar-refractivity contribution in [2.45, 2.75) is 6.54 Å². The van der Waals surface area contributed by atoms with E-state index in [1.54, 1.807) is 0 Å². The van der Waals surface area contributed by atoms with Gasteiger partial charge in [0.15, 0.2) is 0 Å². The van der Waals surface area contributed by atoms with Crippen molar-refractivity contribution in [3.8, 4) is 0 Å². The van der Waals surface area contributed by atoms with Crippen molar-refractivity contribution < 1.29 is 4.39 Å². The smallest absolute Gasteiger partial charge is 0.331 e. The molecule has 2 rings (SSSR count). The highest BCUT2D eigenvalue weighted by Crippen LogP contribution is 2.01. The van der Waals surface area contributed by atoms with E-state index < -0.39 is 17.1 Å². The second-order valence-electron chi connectivity index (χ2n) is 3.88. The molecule has 0 saturated carbocycles. The van der Waals surface area contributed by atoms with E-state index in [2.05, 4.69) is 4.98 Å². The fraction of sp³-hybridized carbons (Fsp3) is 0.182. The molecule has 0 spiro atoms. The van der Waals surface area contributed by atoms with Crippen LogP contribution < -0.4 is 17.0 Å². The maximum absolute atomic E-state index is 13.0. The lowest BCUT2D eigenvalue weighted by Gasteiger charge is -2.08. The van der Waals surface area contributed by atoms with Gasteiger partial charge in [-0.3, -0.25) is 14.3 Å². The van der Waals surface area contributed by atoms with E-state index in [1.165, 1.54) is 30.1 Å². The van der Waals surface area contributed by atoms with Gasteiger partial charge in [-0.15, -0.1) is 0 Å². The number of aryl methyl sites for hydroxylation is 1. The molecule has 2 N–H and O–H groups in total. The number of aromatic nitrogens is 3. The Hall–Kier alpha value is -2.44. The van der Waals surface area contributed by atoms with E-state index in [1.807, 2.05) is 0 Å². The van der Waals surface area contributed by atoms with Crippen LogP contribution >= 0.6 is 0 Å². The molecule has 0 bridgehead atoms. The monoisotopic (exact) mass is 250 g/mol. The second kappa shape index (κ2) is 4.44. The highest BCUT2D eigenvalue weighted by atomic mass is 19.1. The van der Waals surface area contributed by atoms with Crippen LogP contribution in [0.15, 0.2) is 34.2 Å². The van der Waals surface area contributed by atoms with Crippen molar-refractivity contribution in [1.82, 2.24) is 14.1 Å². The first-order chi connectivity index (χ1) is 8.49. The molecule has 0 aliphatic rings. The van der Waals surface area contributed by atoms with Crippen LogP contribution in [-0.2, 0) is 13.6 Å². The second-order valence-corrected chi connectivity index (χ2v) is 3.88. The summed E-state index contributed by atoms with van der Waals surface area (Å²) < 4.78 is 15.1. The molecule has 2 aromatic heterocycles. The van der Waals surface area contributed by atoms with Gasteiger partial charge < -0.3 is 10.3 Å².